The molecule has 5 rings (SSSR count). The van der Waals surface area contributed by atoms with Crippen LogP contribution in [-0.2, 0) is 0 Å². The Morgan fingerprint density at radius 1 is 0.840 bits per heavy atom. The minimum Gasteiger partial charge on any atom is -0.261 e. The maximum atomic E-state index is 4.89. The Hall–Kier alpha value is -3.01. The summed E-state index contributed by atoms with van der Waals surface area (Å²) in [7, 11) is 0. The Bertz CT molecular complexity index is 972. The van der Waals surface area contributed by atoms with Gasteiger partial charge in [0.15, 0.2) is 0 Å². The van der Waals surface area contributed by atoms with Gasteiger partial charge in [-0.3, -0.25) is 4.99 Å². The Balaban J connectivity index is 1.63. The molecular formula is C21H18N4. The van der Waals surface area contributed by atoms with Crippen LogP contribution < -0.4 is 5.43 Å². The summed E-state index contributed by atoms with van der Waals surface area (Å²) >= 11 is 0. The molecule has 0 spiro atoms. The van der Waals surface area contributed by atoms with Crippen molar-refractivity contribution in [2.45, 2.75) is 24.4 Å². The van der Waals surface area contributed by atoms with E-state index >= 15 is 0 Å². The van der Waals surface area contributed by atoms with Crippen LogP contribution >= 0.6 is 0 Å². The van der Waals surface area contributed by atoms with Gasteiger partial charge in [0.05, 0.1) is 6.04 Å². The van der Waals surface area contributed by atoms with Gasteiger partial charge in [0.25, 0.3) is 0 Å². The molecule has 3 aromatic rings. The fraction of sp³-hybridized carbons (Fsp3) is 0.190. The van der Waals surface area contributed by atoms with Crippen LogP contribution in [-0.4, -0.2) is 11.9 Å². The van der Waals surface area contributed by atoms with E-state index in [4.69, 9.17) is 4.99 Å². The number of rotatable bonds is 2. The monoisotopic (exact) mass is 326 g/mol. The number of nitrogens with one attached hydrogen (secondary N) is 1. The zero-order valence-corrected chi connectivity index (χ0v) is 13.7. The average molecular weight is 326 g/mol. The Labute approximate surface area is 146 Å². The number of benzene rings is 3. The molecule has 0 aliphatic carbocycles. The van der Waals surface area contributed by atoms with Crippen LogP contribution in [0.25, 0.3) is 10.8 Å². The third-order valence-corrected chi connectivity index (χ3v) is 5.19. The first kappa shape index (κ1) is 14.3. The van der Waals surface area contributed by atoms with Gasteiger partial charge < -0.3 is 0 Å². The van der Waals surface area contributed by atoms with Gasteiger partial charge in [-0.05, 0) is 28.3 Å². The molecule has 0 amide bonds. The maximum Gasteiger partial charge on any atom is 0.146 e. The number of aliphatic imine (C=N–C) groups is 1. The Morgan fingerprint density at radius 3 is 2.56 bits per heavy atom. The van der Waals surface area contributed by atoms with Crippen molar-refractivity contribution in [1.29, 1.82) is 0 Å². The highest BCUT2D eigenvalue weighted by molar-refractivity contribution is 5.92. The zero-order valence-electron chi connectivity index (χ0n) is 13.7. The Kier molecular flexibility index (Phi) is 3.33. The molecule has 2 aliphatic rings. The van der Waals surface area contributed by atoms with Gasteiger partial charge in [-0.25, -0.2) is 5.43 Å². The largest absolute Gasteiger partial charge is 0.261 e. The lowest BCUT2D eigenvalue weighted by Crippen LogP contribution is -2.35. The van der Waals surface area contributed by atoms with E-state index in [1.165, 1.54) is 21.9 Å². The van der Waals surface area contributed by atoms with Gasteiger partial charge in [-0.15, -0.1) is 0 Å². The molecule has 4 nitrogen and oxygen atoms in total. The highest BCUT2D eigenvalue weighted by Crippen LogP contribution is 2.42. The number of hydrogen-bond donors (Lipinski definition) is 1. The molecule has 3 atom stereocenters. The van der Waals surface area contributed by atoms with Gasteiger partial charge in [0.1, 0.15) is 11.9 Å². The van der Waals surface area contributed by atoms with E-state index in [-0.39, 0.29) is 18.0 Å². The minimum atomic E-state index is -0.00855. The van der Waals surface area contributed by atoms with Gasteiger partial charge >= 0.3 is 0 Å². The van der Waals surface area contributed by atoms with Crippen molar-refractivity contribution in [1.82, 2.24) is 5.43 Å². The van der Waals surface area contributed by atoms with Gasteiger partial charge in [-0.2, -0.15) is 5.11 Å². The number of fused-ring (bicyclic) bond motifs is 2. The number of nitrogens with zero attached hydrogens (tertiary/aromatic N) is 3. The van der Waals surface area contributed by atoms with E-state index in [9.17, 15) is 0 Å². The molecule has 2 aliphatic heterocycles. The molecule has 0 fully saturated rings. The van der Waals surface area contributed by atoms with Crippen molar-refractivity contribution in [2.24, 2.45) is 15.3 Å². The van der Waals surface area contributed by atoms with Crippen molar-refractivity contribution >= 4 is 16.6 Å². The summed E-state index contributed by atoms with van der Waals surface area (Å²) in [5.74, 6) is 1.15. The number of hydrogen-bond acceptors (Lipinski definition) is 4. The van der Waals surface area contributed by atoms with E-state index in [0.29, 0.717) is 0 Å². The predicted octanol–water partition coefficient (Wildman–Crippen LogP) is 4.81. The smallest absolute Gasteiger partial charge is 0.146 e. The fourth-order valence-corrected chi connectivity index (χ4v) is 3.99. The van der Waals surface area contributed by atoms with Gasteiger partial charge in [0.2, 0.25) is 0 Å². The standard InChI is InChI=1S/C21H18N4/c1-2-8-15(9-3-1)19-13-18(20-21(22-19)24-25-23-20)17-12-6-10-14-7-4-5-11-16(14)17/h1-12,18-20H,13H2,(H,22,23,24)/t18-,19+,20+/m0/s1. The molecule has 0 saturated carbocycles. The highest BCUT2D eigenvalue weighted by atomic mass is 15.5. The first-order valence-corrected chi connectivity index (χ1v) is 8.66. The van der Waals surface area contributed by atoms with Gasteiger partial charge in [0, 0.05) is 5.92 Å². The highest BCUT2D eigenvalue weighted by Gasteiger charge is 2.38. The van der Waals surface area contributed by atoms with E-state index in [0.717, 1.165) is 12.3 Å². The summed E-state index contributed by atoms with van der Waals surface area (Å²) in [6.45, 7) is 0. The molecule has 0 bridgehead atoms. The SMILES string of the molecule is c1ccc([C@H]2C[C@@H](c3cccc4ccccc34)[C@H]3N=NNC3=N2)cc1. The van der Waals surface area contributed by atoms with Crippen LogP contribution in [0.1, 0.15) is 29.5 Å². The second-order valence-corrected chi connectivity index (χ2v) is 6.62. The van der Waals surface area contributed by atoms with Crippen LogP contribution in [0.2, 0.25) is 0 Å². The third kappa shape index (κ3) is 2.41. The van der Waals surface area contributed by atoms with Crippen LogP contribution in [0, 0.1) is 0 Å². The van der Waals surface area contributed by atoms with E-state index in [1.54, 1.807) is 0 Å². The second-order valence-electron chi connectivity index (χ2n) is 6.62. The lowest BCUT2D eigenvalue weighted by molar-refractivity contribution is 0.492. The lowest BCUT2D eigenvalue weighted by atomic mass is 9.80. The number of amidine groups is 1. The first-order chi connectivity index (χ1) is 12.4. The van der Waals surface area contributed by atoms with Crippen LogP contribution in [0.15, 0.2) is 88.1 Å². The molecule has 0 saturated heterocycles. The molecule has 1 N–H and O–H groups in total. The van der Waals surface area contributed by atoms with Crippen molar-refractivity contribution in [3.05, 3.63) is 83.9 Å². The van der Waals surface area contributed by atoms with Crippen molar-refractivity contribution in [3.63, 3.8) is 0 Å². The van der Waals surface area contributed by atoms with Gasteiger partial charge in [-0.1, -0.05) is 78.0 Å². The quantitative estimate of drug-likeness (QED) is 0.722. The van der Waals surface area contributed by atoms with E-state index in [2.05, 4.69) is 82.5 Å². The zero-order chi connectivity index (χ0) is 16.6. The van der Waals surface area contributed by atoms with E-state index < -0.39 is 0 Å². The molecule has 3 aromatic carbocycles. The molecule has 25 heavy (non-hydrogen) atoms. The lowest BCUT2D eigenvalue weighted by Gasteiger charge is -2.30. The van der Waals surface area contributed by atoms with Crippen LogP contribution in [0.4, 0.5) is 0 Å². The Morgan fingerprint density at radius 2 is 1.64 bits per heavy atom. The summed E-state index contributed by atoms with van der Waals surface area (Å²) in [5.41, 5.74) is 5.59. The molecule has 0 unspecified atom stereocenters. The summed E-state index contributed by atoms with van der Waals surface area (Å²) in [6, 6.07) is 25.7. The van der Waals surface area contributed by atoms with E-state index in [1.807, 2.05) is 6.07 Å². The normalized spacial score (nSPS) is 24.6. The summed E-state index contributed by atoms with van der Waals surface area (Å²) < 4.78 is 0. The van der Waals surface area contributed by atoms with Crippen molar-refractivity contribution in [3.8, 4) is 0 Å². The maximum absolute atomic E-state index is 4.89. The second kappa shape index (κ2) is 5.81. The minimum absolute atomic E-state index is 0.00855. The summed E-state index contributed by atoms with van der Waals surface area (Å²) in [4.78, 5) is 4.89. The average Bonchev–Trinajstić information content (AvgIpc) is 3.16. The molecule has 4 heteroatoms. The molecular weight excluding hydrogens is 308 g/mol. The molecule has 0 aromatic heterocycles. The fourth-order valence-electron chi connectivity index (χ4n) is 3.99. The predicted molar refractivity (Wildman–Crippen MR) is 99.7 cm³/mol. The van der Waals surface area contributed by atoms with Crippen molar-refractivity contribution < 1.29 is 0 Å². The molecule has 122 valence electrons. The molecule has 2 heterocycles. The van der Waals surface area contributed by atoms with Crippen molar-refractivity contribution in [2.75, 3.05) is 0 Å². The summed E-state index contributed by atoms with van der Waals surface area (Å²) in [6.07, 6.45) is 0.937. The third-order valence-electron chi connectivity index (χ3n) is 5.19. The molecule has 0 radical (unpaired) electrons. The van der Waals surface area contributed by atoms with Crippen LogP contribution in [0.5, 0.6) is 0 Å². The van der Waals surface area contributed by atoms with Crippen LogP contribution in [0.3, 0.4) is 0 Å². The topological polar surface area (TPSA) is 49.1 Å². The summed E-state index contributed by atoms with van der Waals surface area (Å²) in [5, 5.41) is 11.1. The first-order valence-electron chi connectivity index (χ1n) is 8.66.